The largest absolute Gasteiger partial charge is 0.506 e. The zero-order chi connectivity index (χ0) is 14.5. The van der Waals surface area contributed by atoms with Gasteiger partial charge in [0.25, 0.3) is 0 Å². The van der Waals surface area contributed by atoms with Crippen molar-refractivity contribution >= 4 is 23.2 Å². The van der Waals surface area contributed by atoms with Crippen LogP contribution in [-0.2, 0) is 11.3 Å². The molecule has 0 bridgehead atoms. The first-order valence-electron chi connectivity index (χ1n) is 6.71. The number of benzene rings is 1. The lowest BCUT2D eigenvalue weighted by Gasteiger charge is -2.16. The summed E-state index contributed by atoms with van der Waals surface area (Å²) in [7, 11) is 1.72. The molecule has 1 unspecified atom stereocenters. The van der Waals surface area contributed by atoms with Gasteiger partial charge < -0.3 is 15.2 Å². The van der Waals surface area contributed by atoms with Gasteiger partial charge in [-0.15, -0.1) is 0 Å². The van der Waals surface area contributed by atoms with Crippen LogP contribution in [0.15, 0.2) is 12.1 Å². The second kappa shape index (κ2) is 7.48. The molecule has 1 aromatic carbocycles. The number of nitrogens with one attached hydrogen (secondary N) is 1. The highest BCUT2D eigenvalue weighted by Crippen LogP contribution is 2.31. The fraction of sp³-hybridized carbons (Fsp3) is 0.571. The Balaban J connectivity index is 1.84. The van der Waals surface area contributed by atoms with Gasteiger partial charge in [0.1, 0.15) is 5.75 Å². The number of methoxy groups -OCH3 is 1. The summed E-state index contributed by atoms with van der Waals surface area (Å²) in [6.07, 6.45) is 1.10. The minimum Gasteiger partial charge on any atom is -0.506 e. The van der Waals surface area contributed by atoms with Crippen molar-refractivity contribution in [1.29, 1.82) is 0 Å². The number of phenols is 1. The van der Waals surface area contributed by atoms with Crippen LogP contribution in [0.25, 0.3) is 0 Å². The van der Waals surface area contributed by atoms with Gasteiger partial charge in [-0.1, -0.05) is 23.2 Å². The van der Waals surface area contributed by atoms with E-state index in [4.69, 9.17) is 27.9 Å². The Bertz CT molecular complexity index is 457. The Morgan fingerprint density at radius 2 is 2.25 bits per heavy atom. The first kappa shape index (κ1) is 15.9. The van der Waals surface area contributed by atoms with E-state index in [2.05, 4.69) is 10.2 Å². The average molecular weight is 319 g/mol. The number of hydrogen-bond acceptors (Lipinski definition) is 4. The second-order valence-electron chi connectivity index (χ2n) is 5.06. The van der Waals surface area contributed by atoms with E-state index in [-0.39, 0.29) is 5.75 Å². The maximum atomic E-state index is 9.91. The maximum absolute atomic E-state index is 9.91. The van der Waals surface area contributed by atoms with Crippen molar-refractivity contribution < 1.29 is 9.84 Å². The minimum absolute atomic E-state index is 0.109. The van der Waals surface area contributed by atoms with Gasteiger partial charge in [0.2, 0.25) is 0 Å². The Morgan fingerprint density at radius 3 is 3.00 bits per heavy atom. The molecule has 1 fully saturated rings. The third-order valence-electron chi connectivity index (χ3n) is 3.57. The Morgan fingerprint density at radius 1 is 1.45 bits per heavy atom. The highest BCUT2D eigenvalue weighted by atomic mass is 35.5. The maximum Gasteiger partial charge on any atom is 0.138 e. The predicted octanol–water partition coefficient (Wildman–Crippen LogP) is 2.51. The SMILES string of the molecule is COCCN1CCC(NCc2cc(Cl)cc(Cl)c2O)C1. The molecule has 0 saturated carbocycles. The fourth-order valence-corrected chi connectivity index (χ4v) is 2.97. The first-order chi connectivity index (χ1) is 9.60. The molecule has 1 aliphatic rings. The number of hydrogen-bond donors (Lipinski definition) is 2. The lowest BCUT2D eigenvalue weighted by atomic mass is 10.1. The highest BCUT2D eigenvalue weighted by Gasteiger charge is 2.21. The van der Waals surface area contributed by atoms with Crippen LogP contribution in [-0.4, -0.2) is 49.4 Å². The highest BCUT2D eigenvalue weighted by molar-refractivity contribution is 6.35. The lowest BCUT2D eigenvalue weighted by Crippen LogP contribution is -2.33. The summed E-state index contributed by atoms with van der Waals surface area (Å²) in [5, 5.41) is 14.2. The van der Waals surface area contributed by atoms with E-state index in [1.54, 1.807) is 19.2 Å². The smallest absolute Gasteiger partial charge is 0.138 e. The molecular weight excluding hydrogens is 299 g/mol. The molecule has 0 spiro atoms. The van der Waals surface area contributed by atoms with Gasteiger partial charge in [0.15, 0.2) is 0 Å². The van der Waals surface area contributed by atoms with Crippen LogP contribution < -0.4 is 5.32 Å². The van der Waals surface area contributed by atoms with Crippen molar-refractivity contribution in [2.45, 2.75) is 19.0 Å². The molecule has 2 N–H and O–H groups in total. The Hall–Kier alpha value is -0.520. The van der Waals surface area contributed by atoms with Gasteiger partial charge in [0.05, 0.1) is 11.6 Å². The number of likely N-dealkylation sites (tertiary alicyclic amines) is 1. The molecule has 0 amide bonds. The molecule has 2 rings (SSSR count). The van der Waals surface area contributed by atoms with Crippen molar-refractivity contribution in [1.82, 2.24) is 10.2 Å². The van der Waals surface area contributed by atoms with Crippen LogP contribution >= 0.6 is 23.2 Å². The van der Waals surface area contributed by atoms with Gasteiger partial charge >= 0.3 is 0 Å². The number of ether oxygens (including phenoxy) is 1. The average Bonchev–Trinajstić information content (AvgIpc) is 2.86. The van der Waals surface area contributed by atoms with E-state index in [0.29, 0.717) is 22.6 Å². The number of aromatic hydroxyl groups is 1. The Kier molecular flexibility index (Phi) is 5.93. The Labute approximate surface area is 129 Å². The number of phenolic OH excluding ortho intramolecular Hbond substituents is 1. The molecule has 6 heteroatoms. The topological polar surface area (TPSA) is 44.7 Å². The summed E-state index contributed by atoms with van der Waals surface area (Å²) in [6, 6.07) is 3.71. The monoisotopic (exact) mass is 318 g/mol. The summed E-state index contributed by atoms with van der Waals surface area (Å²) < 4.78 is 5.09. The van der Waals surface area contributed by atoms with Crippen molar-refractivity contribution in [3.05, 3.63) is 27.7 Å². The van der Waals surface area contributed by atoms with Crippen LogP contribution in [0.3, 0.4) is 0 Å². The molecule has 1 aliphatic heterocycles. The normalized spacial score (nSPS) is 19.6. The van der Waals surface area contributed by atoms with E-state index in [9.17, 15) is 5.11 Å². The van der Waals surface area contributed by atoms with Crippen molar-refractivity contribution in [2.24, 2.45) is 0 Å². The molecule has 4 nitrogen and oxygen atoms in total. The third kappa shape index (κ3) is 4.24. The summed E-state index contributed by atoms with van der Waals surface area (Å²) in [4.78, 5) is 2.37. The molecule has 0 aliphatic carbocycles. The van der Waals surface area contributed by atoms with E-state index in [0.717, 1.165) is 38.2 Å². The number of nitrogens with zero attached hydrogens (tertiary/aromatic N) is 1. The van der Waals surface area contributed by atoms with Gasteiger partial charge in [0, 0.05) is 43.4 Å². The molecule has 0 aromatic heterocycles. The predicted molar refractivity (Wildman–Crippen MR) is 81.7 cm³/mol. The molecule has 20 heavy (non-hydrogen) atoms. The molecule has 112 valence electrons. The van der Waals surface area contributed by atoms with E-state index in [1.165, 1.54) is 0 Å². The quantitative estimate of drug-likeness (QED) is 0.846. The zero-order valence-electron chi connectivity index (χ0n) is 11.5. The summed E-state index contributed by atoms with van der Waals surface area (Å²) in [5.41, 5.74) is 0.734. The zero-order valence-corrected chi connectivity index (χ0v) is 13.0. The molecule has 1 atom stereocenters. The fourth-order valence-electron chi connectivity index (χ4n) is 2.43. The first-order valence-corrected chi connectivity index (χ1v) is 7.47. The van der Waals surface area contributed by atoms with E-state index < -0.39 is 0 Å². The standard InChI is InChI=1S/C14H20Cl2N2O2/c1-20-5-4-18-3-2-12(9-18)17-8-10-6-11(15)7-13(16)14(10)19/h6-7,12,17,19H,2-5,8-9H2,1H3. The summed E-state index contributed by atoms with van der Waals surface area (Å²) >= 11 is 11.9. The molecule has 1 aromatic rings. The second-order valence-corrected chi connectivity index (χ2v) is 5.90. The van der Waals surface area contributed by atoms with Gasteiger partial charge in [-0.25, -0.2) is 0 Å². The number of halogens is 2. The van der Waals surface area contributed by atoms with Crippen LogP contribution in [0.1, 0.15) is 12.0 Å². The van der Waals surface area contributed by atoms with Crippen molar-refractivity contribution in [3.8, 4) is 5.75 Å². The summed E-state index contributed by atoms with van der Waals surface area (Å²) in [5.74, 6) is 0.109. The van der Waals surface area contributed by atoms with Gasteiger partial charge in [-0.05, 0) is 25.1 Å². The van der Waals surface area contributed by atoms with E-state index in [1.807, 2.05) is 0 Å². The van der Waals surface area contributed by atoms with Crippen LogP contribution in [0.2, 0.25) is 10.0 Å². The molecular formula is C14H20Cl2N2O2. The van der Waals surface area contributed by atoms with Gasteiger partial charge in [-0.2, -0.15) is 0 Å². The molecule has 1 heterocycles. The minimum atomic E-state index is 0.109. The lowest BCUT2D eigenvalue weighted by molar-refractivity contribution is 0.159. The van der Waals surface area contributed by atoms with Crippen LogP contribution in [0.5, 0.6) is 5.75 Å². The van der Waals surface area contributed by atoms with Crippen LogP contribution in [0, 0.1) is 0 Å². The van der Waals surface area contributed by atoms with Crippen molar-refractivity contribution in [2.75, 3.05) is 33.4 Å². The summed E-state index contributed by atoms with van der Waals surface area (Å²) in [6.45, 7) is 4.36. The van der Waals surface area contributed by atoms with E-state index >= 15 is 0 Å². The molecule has 1 saturated heterocycles. The molecule has 0 radical (unpaired) electrons. The third-order valence-corrected chi connectivity index (χ3v) is 4.08. The number of rotatable bonds is 6. The van der Waals surface area contributed by atoms with Gasteiger partial charge in [-0.3, -0.25) is 4.90 Å². The van der Waals surface area contributed by atoms with Crippen molar-refractivity contribution in [3.63, 3.8) is 0 Å². The van der Waals surface area contributed by atoms with Crippen LogP contribution in [0.4, 0.5) is 0 Å².